The standard InChI is InChI=1S/C30H31FN2O4/c1-33-24-12-13-25(33)17-23(16-24)32-30(35)28(34)22-14-26(31)29(37-19-21-10-6-3-7-11-21)27(15-22)36-18-20-8-4-2-5-9-20/h2-11,14-15,23-25H,12-13,16-19H2,1H3,(H,32,35)/t23-,24+,25-. The topological polar surface area (TPSA) is 67.9 Å². The highest BCUT2D eigenvalue weighted by atomic mass is 19.1. The second kappa shape index (κ2) is 11.1. The van der Waals surface area contributed by atoms with Crippen LogP contribution in [0.1, 0.15) is 47.2 Å². The number of carbonyl (C=O) groups excluding carboxylic acids is 2. The predicted molar refractivity (Wildman–Crippen MR) is 138 cm³/mol. The number of amides is 1. The summed E-state index contributed by atoms with van der Waals surface area (Å²) in [6, 6.07) is 22.1. The molecule has 2 aliphatic rings. The third-order valence-corrected chi connectivity index (χ3v) is 7.37. The maximum atomic E-state index is 15.3. The summed E-state index contributed by atoms with van der Waals surface area (Å²) < 4.78 is 27.0. The maximum absolute atomic E-state index is 15.3. The Morgan fingerprint density at radius 3 is 2.05 bits per heavy atom. The molecule has 6 nitrogen and oxygen atoms in total. The Morgan fingerprint density at radius 1 is 0.892 bits per heavy atom. The van der Waals surface area contributed by atoms with E-state index in [0.29, 0.717) is 12.1 Å². The molecule has 0 unspecified atom stereocenters. The van der Waals surface area contributed by atoms with Crippen LogP contribution in [0.2, 0.25) is 0 Å². The molecule has 2 heterocycles. The second-order valence-electron chi connectivity index (χ2n) is 9.86. The Labute approximate surface area is 216 Å². The van der Waals surface area contributed by atoms with Gasteiger partial charge in [-0.3, -0.25) is 9.59 Å². The molecule has 3 atom stereocenters. The molecular formula is C30H31FN2O4. The largest absolute Gasteiger partial charge is 0.485 e. The average molecular weight is 503 g/mol. The van der Waals surface area contributed by atoms with Gasteiger partial charge < -0.3 is 19.7 Å². The monoisotopic (exact) mass is 502 g/mol. The summed E-state index contributed by atoms with van der Waals surface area (Å²) in [5, 5.41) is 2.89. The summed E-state index contributed by atoms with van der Waals surface area (Å²) in [7, 11) is 2.12. The molecule has 0 aromatic heterocycles. The number of carbonyl (C=O) groups is 2. The molecule has 37 heavy (non-hydrogen) atoms. The van der Waals surface area contributed by atoms with Gasteiger partial charge in [0.05, 0.1) is 0 Å². The van der Waals surface area contributed by atoms with E-state index < -0.39 is 17.5 Å². The number of hydrogen-bond acceptors (Lipinski definition) is 5. The molecular weight excluding hydrogens is 471 g/mol. The third-order valence-electron chi connectivity index (χ3n) is 7.37. The van der Waals surface area contributed by atoms with Crippen molar-refractivity contribution in [3.8, 4) is 11.5 Å². The summed E-state index contributed by atoms with van der Waals surface area (Å²) in [6.45, 7) is 0.288. The molecule has 0 spiro atoms. The van der Waals surface area contributed by atoms with Gasteiger partial charge in [0.15, 0.2) is 17.3 Å². The first-order valence-corrected chi connectivity index (χ1v) is 12.7. The van der Waals surface area contributed by atoms with E-state index in [4.69, 9.17) is 9.47 Å². The SMILES string of the molecule is CN1[C@@H]2CC[C@H]1C[C@@H](NC(=O)C(=O)c1cc(F)c(OCc3ccccc3)c(OCc3ccccc3)c1)C2. The highest BCUT2D eigenvalue weighted by molar-refractivity contribution is 6.43. The molecule has 2 fully saturated rings. The minimum absolute atomic E-state index is 0.0581. The Morgan fingerprint density at radius 2 is 1.46 bits per heavy atom. The van der Waals surface area contributed by atoms with E-state index >= 15 is 4.39 Å². The van der Waals surface area contributed by atoms with Gasteiger partial charge in [-0.05, 0) is 56.0 Å². The van der Waals surface area contributed by atoms with Gasteiger partial charge in [-0.2, -0.15) is 0 Å². The first kappa shape index (κ1) is 25.0. The number of halogens is 1. The Balaban J connectivity index is 1.33. The van der Waals surface area contributed by atoms with Crippen LogP contribution >= 0.6 is 0 Å². The highest BCUT2D eigenvalue weighted by Crippen LogP contribution is 2.35. The summed E-state index contributed by atoms with van der Waals surface area (Å²) in [6.07, 6.45) is 3.86. The van der Waals surface area contributed by atoms with Gasteiger partial charge in [-0.15, -0.1) is 0 Å². The van der Waals surface area contributed by atoms with Gasteiger partial charge in [0.1, 0.15) is 13.2 Å². The molecule has 0 aliphatic carbocycles. The van der Waals surface area contributed by atoms with Gasteiger partial charge in [-0.25, -0.2) is 4.39 Å². The number of piperidine rings is 1. The van der Waals surface area contributed by atoms with Crippen LogP contribution in [0.3, 0.4) is 0 Å². The number of nitrogens with one attached hydrogen (secondary N) is 1. The van der Waals surface area contributed by atoms with Gasteiger partial charge >= 0.3 is 0 Å². The van der Waals surface area contributed by atoms with Gasteiger partial charge in [0, 0.05) is 23.7 Å². The molecule has 1 N–H and O–H groups in total. The van der Waals surface area contributed by atoms with E-state index in [9.17, 15) is 9.59 Å². The van der Waals surface area contributed by atoms with Crippen molar-refractivity contribution in [2.45, 2.75) is 57.0 Å². The van der Waals surface area contributed by atoms with E-state index in [2.05, 4.69) is 17.3 Å². The van der Waals surface area contributed by atoms with Crippen molar-refractivity contribution in [2.24, 2.45) is 0 Å². The fourth-order valence-corrected chi connectivity index (χ4v) is 5.32. The maximum Gasteiger partial charge on any atom is 0.292 e. The van der Waals surface area contributed by atoms with Crippen molar-refractivity contribution in [1.29, 1.82) is 0 Å². The molecule has 5 rings (SSSR count). The molecule has 2 bridgehead atoms. The summed E-state index contributed by atoms with van der Waals surface area (Å²) in [5.41, 5.74) is 1.67. The summed E-state index contributed by atoms with van der Waals surface area (Å²) >= 11 is 0. The smallest absolute Gasteiger partial charge is 0.292 e. The molecule has 0 radical (unpaired) electrons. The van der Waals surface area contributed by atoms with E-state index in [1.54, 1.807) is 0 Å². The average Bonchev–Trinajstić information content (AvgIpc) is 3.11. The normalized spacial score (nSPS) is 20.9. The predicted octanol–water partition coefficient (Wildman–Crippen LogP) is 4.91. The van der Waals surface area contributed by atoms with E-state index in [0.717, 1.165) is 42.9 Å². The van der Waals surface area contributed by atoms with E-state index in [1.165, 1.54) is 6.07 Å². The minimum Gasteiger partial charge on any atom is -0.485 e. The summed E-state index contributed by atoms with van der Waals surface area (Å²) in [4.78, 5) is 28.3. The van der Waals surface area contributed by atoms with Gasteiger partial charge in [-0.1, -0.05) is 60.7 Å². The second-order valence-corrected chi connectivity index (χ2v) is 9.86. The lowest BCUT2D eigenvalue weighted by molar-refractivity contribution is -0.118. The van der Waals surface area contributed by atoms with E-state index in [1.807, 2.05) is 60.7 Å². The first-order valence-electron chi connectivity index (χ1n) is 12.7. The van der Waals surface area contributed by atoms with Gasteiger partial charge in [0.25, 0.3) is 5.91 Å². The number of fused-ring (bicyclic) bond motifs is 2. The minimum atomic E-state index is -0.788. The molecule has 3 aromatic rings. The zero-order chi connectivity index (χ0) is 25.8. The van der Waals surface area contributed by atoms with Crippen LogP contribution in [0.25, 0.3) is 0 Å². The number of ether oxygens (including phenoxy) is 2. The van der Waals surface area contributed by atoms with Crippen LogP contribution in [-0.4, -0.2) is 41.8 Å². The first-order chi connectivity index (χ1) is 18.0. The zero-order valence-electron chi connectivity index (χ0n) is 20.9. The van der Waals surface area contributed by atoms with Crippen molar-refractivity contribution in [3.05, 3.63) is 95.3 Å². The van der Waals surface area contributed by atoms with Crippen molar-refractivity contribution in [2.75, 3.05) is 7.05 Å². The van der Waals surface area contributed by atoms with Crippen LogP contribution in [0.15, 0.2) is 72.8 Å². The molecule has 1 amide bonds. The number of rotatable bonds is 9. The number of Topliss-reactive ketones (excluding diaryl/α,β-unsaturated/α-hetero) is 1. The highest BCUT2D eigenvalue weighted by Gasteiger charge is 2.39. The molecule has 3 aromatic carbocycles. The summed E-state index contributed by atoms with van der Waals surface area (Å²) in [5.74, 6) is -2.28. The van der Waals surface area contributed by atoms with Crippen molar-refractivity contribution >= 4 is 11.7 Å². The fraction of sp³-hybridized carbons (Fsp3) is 0.333. The van der Waals surface area contributed by atoms with Crippen LogP contribution in [0.4, 0.5) is 4.39 Å². The molecule has 192 valence electrons. The third kappa shape index (κ3) is 5.83. The van der Waals surface area contributed by atoms with E-state index in [-0.39, 0.29) is 36.3 Å². The lowest BCUT2D eigenvalue weighted by Gasteiger charge is -2.36. The van der Waals surface area contributed by atoms with Gasteiger partial charge in [0.2, 0.25) is 5.78 Å². The van der Waals surface area contributed by atoms with Crippen molar-refractivity contribution in [1.82, 2.24) is 10.2 Å². The zero-order valence-corrected chi connectivity index (χ0v) is 20.9. The Hall–Kier alpha value is -3.71. The van der Waals surface area contributed by atoms with Crippen LogP contribution in [0, 0.1) is 5.82 Å². The molecule has 2 aliphatic heterocycles. The molecule has 0 saturated carbocycles. The van der Waals surface area contributed by atoms with Crippen LogP contribution < -0.4 is 14.8 Å². The number of ketones is 1. The molecule has 2 saturated heterocycles. The quantitative estimate of drug-likeness (QED) is 0.333. The van der Waals surface area contributed by atoms with Crippen molar-refractivity contribution in [3.63, 3.8) is 0 Å². The van der Waals surface area contributed by atoms with Crippen LogP contribution in [-0.2, 0) is 18.0 Å². The number of nitrogens with zero attached hydrogens (tertiary/aromatic N) is 1. The van der Waals surface area contributed by atoms with Crippen LogP contribution in [0.5, 0.6) is 11.5 Å². The van der Waals surface area contributed by atoms with Crippen molar-refractivity contribution < 1.29 is 23.5 Å². The Kier molecular flexibility index (Phi) is 7.51. The molecule has 7 heteroatoms. The number of benzene rings is 3. The lowest BCUT2D eigenvalue weighted by atomic mass is 9.97. The lowest BCUT2D eigenvalue weighted by Crippen LogP contribution is -2.50. The fourth-order valence-electron chi connectivity index (χ4n) is 5.32. The number of hydrogen-bond donors (Lipinski definition) is 1. The Bertz CT molecular complexity index is 1240.